The summed E-state index contributed by atoms with van der Waals surface area (Å²) in [7, 11) is 0. The van der Waals surface area contributed by atoms with Crippen molar-refractivity contribution in [2.45, 2.75) is 20.4 Å². The Morgan fingerprint density at radius 3 is 2.73 bits per heavy atom. The summed E-state index contributed by atoms with van der Waals surface area (Å²) in [6, 6.07) is 11.5. The van der Waals surface area contributed by atoms with Gasteiger partial charge in [-0.3, -0.25) is 19.6 Å². The molecule has 0 aliphatic rings. The monoisotopic (exact) mass is 402 g/mol. The van der Waals surface area contributed by atoms with E-state index in [1.165, 1.54) is 6.07 Å². The second-order valence-electron chi connectivity index (χ2n) is 7.08. The fourth-order valence-corrected chi connectivity index (χ4v) is 3.22. The Kier molecular flexibility index (Phi) is 5.10. The molecule has 4 aromatic rings. The van der Waals surface area contributed by atoms with Crippen molar-refractivity contribution < 1.29 is 9.18 Å². The van der Waals surface area contributed by atoms with Crippen molar-refractivity contribution in [2.75, 3.05) is 5.32 Å². The molecule has 0 atom stereocenters. The molecule has 0 saturated heterocycles. The van der Waals surface area contributed by atoms with Crippen molar-refractivity contribution in [2.24, 2.45) is 0 Å². The largest absolute Gasteiger partial charge is 0.322 e. The van der Waals surface area contributed by atoms with Gasteiger partial charge in [-0.2, -0.15) is 0 Å². The van der Waals surface area contributed by atoms with Gasteiger partial charge in [0, 0.05) is 24.3 Å². The van der Waals surface area contributed by atoms with E-state index in [-0.39, 0.29) is 11.1 Å². The number of rotatable bonds is 4. The molecule has 150 valence electrons. The predicted octanol–water partition coefficient (Wildman–Crippen LogP) is 3.85. The number of aryl methyl sites for hydroxylation is 2. The summed E-state index contributed by atoms with van der Waals surface area (Å²) in [4.78, 5) is 34.2. The molecule has 1 aromatic carbocycles. The third-order valence-electron chi connectivity index (χ3n) is 4.90. The average molecular weight is 402 g/mol. The van der Waals surface area contributed by atoms with Crippen LogP contribution < -0.4 is 10.9 Å². The number of pyridine rings is 3. The van der Waals surface area contributed by atoms with Crippen molar-refractivity contribution in [3.05, 3.63) is 99.6 Å². The molecule has 6 nitrogen and oxygen atoms in total. The second kappa shape index (κ2) is 7.87. The molecule has 3 aromatic heterocycles. The van der Waals surface area contributed by atoms with E-state index in [0.717, 1.165) is 5.56 Å². The number of hydrogen-bond donors (Lipinski definition) is 1. The van der Waals surface area contributed by atoms with Crippen LogP contribution >= 0.6 is 0 Å². The van der Waals surface area contributed by atoms with Gasteiger partial charge in [-0.25, -0.2) is 4.39 Å². The van der Waals surface area contributed by atoms with Gasteiger partial charge < -0.3 is 9.88 Å². The first kappa shape index (κ1) is 19.4. The number of fused-ring (bicyclic) bond motifs is 1. The molecular weight excluding hydrogens is 383 g/mol. The van der Waals surface area contributed by atoms with Gasteiger partial charge >= 0.3 is 0 Å². The Bertz CT molecular complexity index is 1320. The highest BCUT2D eigenvalue weighted by atomic mass is 19.1. The average Bonchev–Trinajstić information content (AvgIpc) is 2.73. The Balaban J connectivity index is 1.70. The molecule has 0 fully saturated rings. The number of carbonyl (C=O) groups is 1. The topological polar surface area (TPSA) is 76.9 Å². The smallest absolute Gasteiger partial charge is 0.260 e. The summed E-state index contributed by atoms with van der Waals surface area (Å²) >= 11 is 0. The van der Waals surface area contributed by atoms with E-state index in [9.17, 15) is 14.0 Å². The van der Waals surface area contributed by atoms with Gasteiger partial charge in [0.1, 0.15) is 5.82 Å². The van der Waals surface area contributed by atoms with Crippen LogP contribution in [0, 0.1) is 19.7 Å². The van der Waals surface area contributed by atoms with Crippen molar-refractivity contribution in [1.29, 1.82) is 0 Å². The maximum atomic E-state index is 13.8. The van der Waals surface area contributed by atoms with Crippen LogP contribution in [0.15, 0.2) is 65.8 Å². The van der Waals surface area contributed by atoms with Crippen LogP contribution in [0.4, 0.5) is 10.1 Å². The van der Waals surface area contributed by atoms with E-state index in [2.05, 4.69) is 15.3 Å². The van der Waals surface area contributed by atoms with Crippen molar-refractivity contribution in [1.82, 2.24) is 14.5 Å². The summed E-state index contributed by atoms with van der Waals surface area (Å²) in [5, 5.41) is 3.01. The number of nitrogens with one attached hydrogen (secondary N) is 1. The van der Waals surface area contributed by atoms with Gasteiger partial charge in [0.15, 0.2) is 0 Å². The lowest BCUT2D eigenvalue weighted by Gasteiger charge is -2.11. The van der Waals surface area contributed by atoms with E-state index < -0.39 is 11.7 Å². The number of nitrogens with zero attached hydrogens (tertiary/aromatic N) is 3. The SMILES string of the molecule is Cc1ccc(NC(=O)c2cc3c(=O)n(Cc4cccnc4)ccc3nc2C)cc1F. The molecule has 0 unspecified atom stereocenters. The van der Waals surface area contributed by atoms with Crippen LogP contribution in [0.3, 0.4) is 0 Å². The van der Waals surface area contributed by atoms with Gasteiger partial charge in [0.25, 0.3) is 11.5 Å². The maximum Gasteiger partial charge on any atom is 0.260 e. The molecule has 0 radical (unpaired) electrons. The fraction of sp³-hybridized carbons (Fsp3) is 0.130. The Morgan fingerprint density at radius 1 is 1.17 bits per heavy atom. The summed E-state index contributed by atoms with van der Waals surface area (Å²) in [5.74, 6) is -0.855. The third-order valence-corrected chi connectivity index (χ3v) is 4.90. The Morgan fingerprint density at radius 2 is 2.00 bits per heavy atom. The maximum absolute atomic E-state index is 13.8. The van der Waals surface area contributed by atoms with Crippen LogP contribution in [0.1, 0.15) is 27.2 Å². The highest BCUT2D eigenvalue weighted by molar-refractivity contribution is 6.06. The lowest BCUT2D eigenvalue weighted by atomic mass is 10.1. The van der Waals surface area contributed by atoms with Crippen LogP contribution in [-0.2, 0) is 6.54 Å². The first-order chi connectivity index (χ1) is 14.4. The normalized spacial score (nSPS) is 10.9. The minimum atomic E-state index is -0.452. The number of hydrogen-bond acceptors (Lipinski definition) is 4. The highest BCUT2D eigenvalue weighted by Crippen LogP contribution is 2.18. The molecular formula is C23H19FN4O2. The van der Waals surface area contributed by atoms with Crippen molar-refractivity contribution in [3.8, 4) is 0 Å². The van der Waals surface area contributed by atoms with Crippen LogP contribution in [0.25, 0.3) is 10.9 Å². The van der Waals surface area contributed by atoms with Gasteiger partial charge in [0.2, 0.25) is 0 Å². The molecule has 0 bridgehead atoms. The lowest BCUT2D eigenvalue weighted by Crippen LogP contribution is -2.22. The van der Waals surface area contributed by atoms with E-state index in [4.69, 9.17) is 0 Å². The van der Waals surface area contributed by atoms with E-state index in [1.807, 2.05) is 12.1 Å². The highest BCUT2D eigenvalue weighted by Gasteiger charge is 2.15. The Hall–Kier alpha value is -3.87. The molecule has 0 aliphatic heterocycles. The van der Waals surface area contributed by atoms with Crippen LogP contribution in [0.5, 0.6) is 0 Å². The number of halogens is 1. The zero-order valence-corrected chi connectivity index (χ0v) is 16.5. The van der Waals surface area contributed by atoms with Gasteiger partial charge in [-0.1, -0.05) is 12.1 Å². The molecule has 4 rings (SSSR count). The molecule has 0 saturated carbocycles. The molecule has 0 spiro atoms. The summed E-state index contributed by atoms with van der Waals surface area (Å²) in [6.07, 6.45) is 5.05. The lowest BCUT2D eigenvalue weighted by molar-refractivity contribution is 0.102. The van der Waals surface area contributed by atoms with Gasteiger partial charge in [-0.15, -0.1) is 0 Å². The number of anilines is 1. The zero-order chi connectivity index (χ0) is 21.3. The molecule has 30 heavy (non-hydrogen) atoms. The standard InChI is InChI=1S/C23H19FN4O2/c1-14-5-6-17(10-20(14)24)27-22(29)18-11-19-21(26-15(18)2)7-9-28(23(19)30)13-16-4-3-8-25-12-16/h3-12H,13H2,1-2H3,(H,27,29). The quantitative estimate of drug-likeness (QED) is 0.563. The number of benzene rings is 1. The fourth-order valence-electron chi connectivity index (χ4n) is 3.22. The third kappa shape index (κ3) is 3.82. The summed E-state index contributed by atoms with van der Waals surface area (Å²) < 4.78 is 15.3. The van der Waals surface area contributed by atoms with Crippen LogP contribution in [-0.4, -0.2) is 20.4 Å². The first-order valence-corrected chi connectivity index (χ1v) is 9.39. The molecule has 1 amide bonds. The second-order valence-corrected chi connectivity index (χ2v) is 7.08. The summed E-state index contributed by atoms with van der Waals surface area (Å²) in [6.45, 7) is 3.71. The van der Waals surface area contributed by atoms with Crippen molar-refractivity contribution >= 4 is 22.5 Å². The van der Waals surface area contributed by atoms with E-state index >= 15 is 0 Å². The molecule has 3 heterocycles. The van der Waals surface area contributed by atoms with Crippen LogP contribution in [0.2, 0.25) is 0 Å². The zero-order valence-electron chi connectivity index (χ0n) is 16.5. The predicted molar refractivity (Wildman–Crippen MR) is 113 cm³/mol. The number of carbonyl (C=O) groups excluding carboxylic acids is 1. The minimum absolute atomic E-state index is 0.251. The first-order valence-electron chi connectivity index (χ1n) is 9.39. The van der Waals surface area contributed by atoms with E-state index in [0.29, 0.717) is 34.4 Å². The van der Waals surface area contributed by atoms with Gasteiger partial charge in [0.05, 0.1) is 28.7 Å². The van der Waals surface area contributed by atoms with E-state index in [1.54, 1.807) is 61.3 Å². The Labute approximate surface area is 172 Å². The number of aromatic nitrogens is 3. The van der Waals surface area contributed by atoms with Gasteiger partial charge in [-0.05, 0) is 55.3 Å². The molecule has 7 heteroatoms. The molecule has 1 N–H and O–H groups in total. The number of amides is 1. The van der Waals surface area contributed by atoms with Crippen molar-refractivity contribution in [3.63, 3.8) is 0 Å². The minimum Gasteiger partial charge on any atom is -0.322 e. The molecule has 0 aliphatic carbocycles. The summed E-state index contributed by atoms with van der Waals surface area (Å²) in [5.41, 5.74) is 2.72.